The third-order valence-electron chi connectivity index (χ3n) is 4.72. The van der Waals surface area contributed by atoms with Crippen LogP contribution in [0.5, 0.6) is 0 Å². The molecule has 1 saturated heterocycles. The molecule has 1 aromatic heterocycles. The Balaban J connectivity index is 1.69. The third kappa shape index (κ3) is 4.01. The van der Waals surface area contributed by atoms with E-state index < -0.39 is 23.4 Å². The van der Waals surface area contributed by atoms with Crippen molar-refractivity contribution < 1.29 is 13.9 Å². The van der Waals surface area contributed by atoms with Crippen LogP contribution in [-0.2, 0) is 11.2 Å². The molecule has 0 spiro atoms. The zero-order valence-corrected chi connectivity index (χ0v) is 14.7. The fourth-order valence-corrected chi connectivity index (χ4v) is 3.16. The Morgan fingerprint density at radius 2 is 2.26 bits per heavy atom. The summed E-state index contributed by atoms with van der Waals surface area (Å²) in [4.78, 5) is 39.1. The van der Waals surface area contributed by atoms with Crippen LogP contribution in [0.1, 0.15) is 11.1 Å². The van der Waals surface area contributed by atoms with Gasteiger partial charge in [0.05, 0.1) is 19.0 Å². The second kappa shape index (κ2) is 7.63. The summed E-state index contributed by atoms with van der Waals surface area (Å²) in [5.74, 6) is -1.23. The van der Waals surface area contributed by atoms with Crippen LogP contribution in [0.15, 0.2) is 23.0 Å². The molecule has 3 N–H and O–H groups in total. The number of aromatic nitrogens is 1. The van der Waals surface area contributed by atoms with Crippen LogP contribution in [0.3, 0.4) is 0 Å². The van der Waals surface area contributed by atoms with Crippen molar-refractivity contribution in [2.45, 2.75) is 19.5 Å². The summed E-state index contributed by atoms with van der Waals surface area (Å²) >= 11 is 0. The number of nitrogens with zero attached hydrogens (tertiary/aromatic N) is 2. The van der Waals surface area contributed by atoms with Gasteiger partial charge in [-0.25, -0.2) is 4.39 Å². The van der Waals surface area contributed by atoms with Gasteiger partial charge in [0, 0.05) is 32.7 Å². The molecule has 1 fully saturated rings. The fourth-order valence-electron chi connectivity index (χ4n) is 3.16. The van der Waals surface area contributed by atoms with Gasteiger partial charge >= 0.3 is 0 Å². The molecule has 140 valence electrons. The first kappa shape index (κ1) is 18.7. The van der Waals surface area contributed by atoms with Crippen LogP contribution in [0.25, 0.3) is 10.9 Å². The van der Waals surface area contributed by atoms with E-state index in [0.29, 0.717) is 23.0 Å². The van der Waals surface area contributed by atoms with Crippen molar-refractivity contribution in [2.75, 3.05) is 19.6 Å². The van der Waals surface area contributed by atoms with Crippen LogP contribution in [0.2, 0.25) is 0 Å². The maximum atomic E-state index is 13.5. The standard InChI is InChI=1S/C18H18FN5O3/c1-10-13-4-12(19)2-3-15(13)23-18(26)14(10)5-17(25)22-8-16-21-7-11(6-20)9-24(16)27/h2-4,11,16,21H,5,7-9H2,1H3,(H-,22,23,25,26)/p+1. The van der Waals surface area contributed by atoms with Gasteiger partial charge in [-0.2, -0.15) is 5.26 Å². The second-order valence-corrected chi connectivity index (χ2v) is 6.58. The Labute approximate surface area is 153 Å². The van der Waals surface area contributed by atoms with E-state index >= 15 is 0 Å². The molecule has 2 aromatic rings. The summed E-state index contributed by atoms with van der Waals surface area (Å²) in [6, 6.07) is 6.08. The monoisotopic (exact) mass is 372 g/mol. The number of benzene rings is 1. The Bertz CT molecular complexity index is 1010. The van der Waals surface area contributed by atoms with Crippen LogP contribution >= 0.6 is 0 Å². The van der Waals surface area contributed by atoms with Crippen molar-refractivity contribution in [3.8, 4) is 6.07 Å². The number of rotatable bonds is 4. The van der Waals surface area contributed by atoms with E-state index in [1.807, 2.05) is 6.07 Å². The predicted octanol–water partition coefficient (Wildman–Crippen LogP) is 0.482. The van der Waals surface area contributed by atoms with Crippen molar-refractivity contribution in [3.05, 3.63) is 50.4 Å². The Morgan fingerprint density at radius 1 is 1.48 bits per heavy atom. The van der Waals surface area contributed by atoms with Crippen molar-refractivity contribution in [1.82, 2.24) is 15.6 Å². The van der Waals surface area contributed by atoms with E-state index in [0.717, 1.165) is 4.76 Å². The van der Waals surface area contributed by atoms with Gasteiger partial charge in [0.25, 0.3) is 11.7 Å². The SMILES string of the molecule is Cc1c(CC(=O)NCC2NCC(C#N)C[N+]2=O)c(=O)[nH]c2ccc(F)cc12. The van der Waals surface area contributed by atoms with Gasteiger partial charge in [-0.3, -0.25) is 14.9 Å². The minimum atomic E-state index is -0.622. The van der Waals surface area contributed by atoms with E-state index in [2.05, 4.69) is 15.6 Å². The van der Waals surface area contributed by atoms with Crippen molar-refractivity contribution >= 4 is 16.8 Å². The number of hydrogen-bond donors (Lipinski definition) is 3. The van der Waals surface area contributed by atoms with Crippen LogP contribution in [0, 0.1) is 34.9 Å². The number of nitrogens with one attached hydrogen (secondary N) is 3. The van der Waals surface area contributed by atoms with Gasteiger partial charge in [-0.05, 0) is 30.7 Å². The van der Waals surface area contributed by atoms with Crippen LogP contribution in [0.4, 0.5) is 4.39 Å². The molecule has 1 aliphatic rings. The summed E-state index contributed by atoms with van der Waals surface area (Å²) < 4.78 is 14.2. The highest BCUT2D eigenvalue weighted by Gasteiger charge is 2.34. The van der Waals surface area contributed by atoms with E-state index in [-0.39, 0.29) is 31.0 Å². The van der Waals surface area contributed by atoms with Gasteiger partial charge in [0.2, 0.25) is 12.5 Å². The van der Waals surface area contributed by atoms with Gasteiger partial charge in [0.15, 0.2) is 0 Å². The molecule has 3 rings (SSSR count). The molecule has 1 aromatic carbocycles. The first-order valence-corrected chi connectivity index (χ1v) is 8.53. The number of pyridine rings is 1. The molecule has 27 heavy (non-hydrogen) atoms. The number of amides is 1. The van der Waals surface area contributed by atoms with Crippen LogP contribution < -0.4 is 16.2 Å². The number of carbonyl (C=O) groups is 1. The van der Waals surface area contributed by atoms with Gasteiger partial charge < -0.3 is 10.3 Å². The molecule has 0 radical (unpaired) electrons. The zero-order valence-electron chi connectivity index (χ0n) is 14.7. The molecule has 2 unspecified atom stereocenters. The summed E-state index contributed by atoms with van der Waals surface area (Å²) in [6.45, 7) is 2.19. The number of aryl methyl sites for hydroxylation is 1. The molecule has 1 aliphatic heterocycles. The average molecular weight is 372 g/mol. The Hall–Kier alpha value is -3.12. The first-order valence-electron chi connectivity index (χ1n) is 8.53. The largest absolute Gasteiger partial charge is 0.347 e. The molecular formula is C18H19FN5O3+. The van der Waals surface area contributed by atoms with Crippen molar-refractivity contribution in [3.63, 3.8) is 0 Å². The molecular weight excluding hydrogens is 353 g/mol. The minimum Gasteiger partial charge on any atom is -0.347 e. The summed E-state index contributed by atoms with van der Waals surface area (Å²) in [5, 5.41) is 14.9. The molecule has 0 saturated carbocycles. The lowest BCUT2D eigenvalue weighted by Gasteiger charge is -2.19. The van der Waals surface area contributed by atoms with E-state index in [4.69, 9.17) is 5.26 Å². The number of fused-ring (bicyclic) bond motifs is 1. The third-order valence-corrected chi connectivity index (χ3v) is 4.72. The smallest absolute Gasteiger partial charge is 0.272 e. The number of nitroso groups, excluding NO2 is 1. The lowest BCUT2D eigenvalue weighted by atomic mass is 10.0. The van der Waals surface area contributed by atoms with E-state index in [1.54, 1.807) is 6.92 Å². The number of hydrogen-bond acceptors (Lipinski definition) is 5. The summed E-state index contributed by atoms with van der Waals surface area (Å²) in [5.41, 5.74) is 0.899. The Morgan fingerprint density at radius 3 is 2.96 bits per heavy atom. The fraction of sp³-hybridized carbons (Fsp3) is 0.389. The molecule has 0 aliphatic carbocycles. The van der Waals surface area contributed by atoms with Crippen LogP contribution in [-0.4, -0.2) is 41.5 Å². The number of H-pyrrole nitrogens is 1. The highest BCUT2D eigenvalue weighted by molar-refractivity contribution is 5.85. The predicted molar refractivity (Wildman–Crippen MR) is 95.4 cm³/mol. The highest BCUT2D eigenvalue weighted by atomic mass is 19.1. The lowest BCUT2D eigenvalue weighted by Crippen LogP contribution is -2.54. The minimum absolute atomic E-state index is 0.0552. The molecule has 8 nitrogen and oxygen atoms in total. The maximum Gasteiger partial charge on any atom is 0.272 e. The number of carbonyl (C=O) groups excluding carboxylic acids is 1. The second-order valence-electron chi connectivity index (χ2n) is 6.58. The molecule has 2 atom stereocenters. The van der Waals surface area contributed by atoms with Crippen molar-refractivity contribution in [1.29, 1.82) is 5.26 Å². The number of aromatic amines is 1. The summed E-state index contributed by atoms with van der Waals surface area (Å²) in [6.07, 6.45) is -0.802. The molecule has 0 bridgehead atoms. The zero-order chi connectivity index (χ0) is 19.6. The van der Waals surface area contributed by atoms with Crippen molar-refractivity contribution in [2.24, 2.45) is 5.92 Å². The van der Waals surface area contributed by atoms with Gasteiger partial charge in [-0.1, -0.05) is 0 Å². The highest BCUT2D eigenvalue weighted by Crippen LogP contribution is 2.19. The van der Waals surface area contributed by atoms with Gasteiger partial charge in [-0.15, -0.1) is 0 Å². The molecule has 9 heteroatoms. The summed E-state index contributed by atoms with van der Waals surface area (Å²) in [7, 11) is 0. The first-order chi connectivity index (χ1) is 12.9. The number of halogens is 1. The average Bonchev–Trinajstić information content (AvgIpc) is 2.64. The normalized spacial score (nSPS) is 19.7. The lowest BCUT2D eigenvalue weighted by molar-refractivity contribution is -0.603. The van der Waals surface area contributed by atoms with Gasteiger partial charge in [0.1, 0.15) is 11.7 Å². The Kier molecular flexibility index (Phi) is 5.28. The maximum absolute atomic E-state index is 13.5. The molecule has 2 heterocycles. The quantitative estimate of drug-likeness (QED) is 0.675. The molecule has 1 amide bonds. The number of nitriles is 1. The topological polar surface area (TPSA) is 118 Å². The van der Waals surface area contributed by atoms with E-state index in [9.17, 15) is 18.9 Å². The van der Waals surface area contributed by atoms with E-state index in [1.165, 1.54) is 18.2 Å².